The maximum absolute atomic E-state index is 13.2. The Kier molecular flexibility index (Phi) is 5.17. The Balaban J connectivity index is 1.67. The molecule has 2 aromatic carbocycles. The molecule has 1 unspecified atom stereocenters. The van der Waals surface area contributed by atoms with Gasteiger partial charge in [0.15, 0.2) is 0 Å². The number of aryl methyl sites for hydroxylation is 2. The molecular weight excluding hydrogens is 438 g/mol. The monoisotopic (exact) mass is 461 g/mol. The summed E-state index contributed by atoms with van der Waals surface area (Å²) in [6.07, 6.45) is 5.82. The van der Waals surface area contributed by atoms with Crippen LogP contribution in [-0.4, -0.2) is 19.3 Å². The molecule has 0 spiro atoms. The smallest absolute Gasteiger partial charge is 0.252 e. The van der Waals surface area contributed by atoms with E-state index in [2.05, 4.69) is 10.3 Å². The number of sulfone groups is 1. The van der Waals surface area contributed by atoms with Gasteiger partial charge in [0.25, 0.3) is 5.91 Å². The molecule has 7 nitrogen and oxygen atoms in total. The van der Waals surface area contributed by atoms with E-state index in [1.807, 2.05) is 6.92 Å². The minimum atomic E-state index is -3.75. The third-order valence-electron chi connectivity index (χ3n) is 6.14. The van der Waals surface area contributed by atoms with Crippen molar-refractivity contribution in [1.29, 1.82) is 0 Å². The van der Waals surface area contributed by atoms with Crippen LogP contribution in [0.1, 0.15) is 46.1 Å². The number of rotatable bonds is 5. The molecule has 0 saturated heterocycles. The first-order valence-corrected chi connectivity index (χ1v) is 12.2. The number of nitrogens with zero attached hydrogens (tertiary/aromatic N) is 1. The first kappa shape index (κ1) is 21.2. The van der Waals surface area contributed by atoms with E-state index in [1.165, 1.54) is 12.3 Å². The molecule has 0 bridgehead atoms. The number of benzene rings is 2. The molecule has 1 aliphatic rings. The summed E-state index contributed by atoms with van der Waals surface area (Å²) in [5.41, 5.74) is 9.05. The second-order valence-corrected chi connectivity index (χ2v) is 10.2. The van der Waals surface area contributed by atoms with Crippen molar-refractivity contribution in [3.05, 3.63) is 83.4 Å². The molecule has 1 amide bonds. The predicted octanol–water partition coefficient (Wildman–Crippen LogP) is 4.56. The summed E-state index contributed by atoms with van der Waals surface area (Å²) in [6.45, 7) is 1.99. The third kappa shape index (κ3) is 3.66. The first-order chi connectivity index (χ1) is 15.9. The number of nitrogens with two attached hydrogens (primary N) is 1. The summed E-state index contributed by atoms with van der Waals surface area (Å²) in [5, 5.41) is 4.00. The molecule has 0 radical (unpaired) electrons. The van der Waals surface area contributed by atoms with Gasteiger partial charge in [0, 0.05) is 23.6 Å². The molecular formula is C25H23N3O4S. The second-order valence-electron chi connectivity index (χ2n) is 8.25. The van der Waals surface area contributed by atoms with Crippen molar-refractivity contribution in [2.24, 2.45) is 5.73 Å². The van der Waals surface area contributed by atoms with Crippen LogP contribution in [0.4, 0.5) is 5.69 Å². The number of pyridine rings is 1. The van der Waals surface area contributed by atoms with Gasteiger partial charge in [-0.1, -0.05) is 18.2 Å². The molecule has 1 aliphatic carbocycles. The Morgan fingerprint density at radius 2 is 1.94 bits per heavy atom. The van der Waals surface area contributed by atoms with Crippen molar-refractivity contribution in [1.82, 2.24) is 4.98 Å². The Labute approximate surface area is 191 Å². The van der Waals surface area contributed by atoms with Crippen LogP contribution in [0.2, 0.25) is 0 Å². The van der Waals surface area contributed by atoms with Crippen LogP contribution in [0.15, 0.2) is 75.2 Å². The minimum absolute atomic E-state index is 0.0920. The number of anilines is 1. The standard InChI is InChI=1S/C25H23N3O4S/c1-15-14-32-22-9-5-8-21(23(15)22)28-24-18-12-17(33(30,31)16-6-3-2-4-7-16)10-11-20(18)27-13-19(24)25(26)29/h2-4,6-7,10-14,21H,5,8-9H2,1H3,(H2,26,29)(H,27,28). The summed E-state index contributed by atoms with van der Waals surface area (Å²) in [4.78, 5) is 16.9. The van der Waals surface area contributed by atoms with Gasteiger partial charge in [0.05, 0.1) is 38.9 Å². The summed E-state index contributed by atoms with van der Waals surface area (Å²) in [5.74, 6) is 0.297. The second kappa shape index (κ2) is 8.04. The molecule has 0 fully saturated rings. The third-order valence-corrected chi connectivity index (χ3v) is 7.90. The molecule has 4 aromatic rings. The molecule has 2 aromatic heterocycles. The van der Waals surface area contributed by atoms with E-state index in [4.69, 9.17) is 10.2 Å². The highest BCUT2D eigenvalue weighted by atomic mass is 32.2. The number of carbonyl (C=O) groups is 1. The topological polar surface area (TPSA) is 115 Å². The average molecular weight is 462 g/mol. The predicted molar refractivity (Wildman–Crippen MR) is 125 cm³/mol. The van der Waals surface area contributed by atoms with Gasteiger partial charge in [-0.3, -0.25) is 9.78 Å². The number of carbonyl (C=O) groups excluding carboxylic acids is 1. The normalized spacial score (nSPS) is 15.8. The van der Waals surface area contributed by atoms with Crippen LogP contribution in [0.3, 0.4) is 0 Å². The number of furan rings is 1. The molecule has 33 heavy (non-hydrogen) atoms. The average Bonchev–Trinajstić information content (AvgIpc) is 3.21. The SMILES string of the molecule is Cc1coc2c1C(Nc1c(C(N)=O)cnc3ccc(S(=O)(=O)c4ccccc4)cc13)CCC2. The summed E-state index contributed by atoms with van der Waals surface area (Å²) in [6, 6.07) is 12.9. The first-order valence-electron chi connectivity index (χ1n) is 10.7. The molecule has 3 N–H and O–H groups in total. The van der Waals surface area contributed by atoms with E-state index in [-0.39, 0.29) is 21.4 Å². The lowest BCUT2D eigenvalue weighted by molar-refractivity contribution is 0.100. The molecule has 0 aliphatic heterocycles. The molecule has 0 saturated carbocycles. The Bertz CT molecular complexity index is 1480. The van der Waals surface area contributed by atoms with Crippen LogP contribution >= 0.6 is 0 Å². The van der Waals surface area contributed by atoms with E-state index in [0.717, 1.165) is 36.1 Å². The highest BCUT2D eigenvalue weighted by Crippen LogP contribution is 2.39. The van der Waals surface area contributed by atoms with E-state index >= 15 is 0 Å². The lowest BCUT2D eigenvalue weighted by Crippen LogP contribution is -2.21. The number of amides is 1. The Morgan fingerprint density at radius 3 is 2.70 bits per heavy atom. The maximum atomic E-state index is 13.2. The number of primary amides is 1. The van der Waals surface area contributed by atoms with Crippen LogP contribution in [0.25, 0.3) is 10.9 Å². The maximum Gasteiger partial charge on any atom is 0.252 e. The Morgan fingerprint density at radius 1 is 1.15 bits per heavy atom. The summed E-state index contributed by atoms with van der Waals surface area (Å²) in [7, 11) is -3.75. The van der Waals surface area contributed by atoms with Crippen LogP contribution in [0, 0.1) is 6.92 Å². The molecule has 8 heteroatoms. The van der Waals surface area contributed by atoms with E-state index in [0.29, 0.717) is 16.6 Å². The zero-order valence-electron chi connectivity index (χ0n) is 18.0. The zero-order valence-corrected chi connectivity index (χ0v) is 18.9. The summed E-state index contributed by atoms with van der Waals surface area (Å²) < 4.78 is 32.2. The fraction of sp³-hybridized carbons (Fsp3) is 0.200. The van der Waals surface area contributed by atoms with Gasteiger partial charge in [-0.2, -0.15) is 0 Å². The van der Waals surface area contributed by atoms with Crippen molar-refractivity contribution < 1.29 is 17.6 Å². The number of nitrogens with one attached hydrogen (secondary N) is 1. The lowest BCUT2D eigenvalue weighted by Gasteiger charge is -2.26. The fourth-order valence-corrected chi connectivity index (χ4v) is 5.82. The molecule has 2 heterocycles. The van der Waals surface area contributed by atoms with E-state index in [9.17, 15) is 13.2 Å². The van der Waals surface area contributed by atoms with Gasteiger partial charge in [0.2, 0.25) is 9.84 Å². The van der Waals surface area contributed by atoms with Gasteiger partial charge < -0.3 is 15.5 Å². The fourth-order valence-electron chi connectivity index (χ4n) is 4.52. The molecule has 1 atom stereocenters. The highest BCUT2D eigenvalue weighted by molar-refractivity contribution is 7.91. The number of aromatic nitrogens is 1. The number of hydrogen-bond acceptors (Lipinski definition) is 6. The van der Waals surface area contributed by atoms with Crippen LogP contribution in [0.5, 0.6) is 0 Å². The van der Waals surface area contributed by atoms with Crippen molar-refractivity contribution in [2.45, 2.75) is 42.0 Å². The van der Waals surface area contributed by atoms with Crippen molar-refractivity contribution >= 4 is 32.3 Å². The van der Waals surface area contributed by atoms with Gasteiger partial charge in [-0.05, 0) is 55.7 Å². The van der Waals surface area contributed by atoms with Gasteiger partial charge in [-0.15, -0.1) is 0 Å². The zero-order chi connectivity index (χ0) is 23.2. The van der Waals surface area contributed by atoms with E-state index < -0.39 is 15.7 Å². The Hall–Kier alpha value is -3.65. The van der Waals surface area contributed by atoms with Crippen LogP contribution in [-0.2, 0) is 16.3 Å². The number of fused-ring (bicyclic) bond motifs is 2. The molecule has 5 rings (SSSR count). The van der Waals surface area contributed by atoms with Crippen molar-refractivity contribution in [3.8, 4) is 0 Å². The highest BCUT2D eigenvalue weighted by Gasteiger charge is 2.27. The van der Waals surface area contributed by atoms with E-state index in [1.54, 1.807) is 48.7 Å². The largest absolute Gasteiger partial charge is 0.469 e. The van der Waals surface area contributed by atoms with Gasteiger partial charge >= 0.3 is 0 Å². The van der Waals surface area contributed by atoms with Crippen molar-refractivity contribution in [3.63, 3.8) is 0 Å². The lowest BCUT2D eigenvalue weighted by atomic mass is 9.90. The van der Waals surface area contributed by atoms with Gasteiger partial charge in [0.1, 0.15) is 5.76 Å². The summed E-state index contributed by atoms with van der Waals surface area (Å²) >= 11 is 0. The van der Waals surface area contributed by atoms with Crippen molar-refractivity contribution in [2.75, 3.05) is 5.32 Å². The number of hydrogen-bond donors (Lipinski definition) is 2. The quantitative estimate of drug-likeness (QED) is 0.450. The van der Waals surface area contributed by atoms with Crippen LogP contribution < -0.4 is 11.1 Å². The molecule has 168 valence electrons. The van der Waals surface area contributed by atoms with Gasteiger partial charge in [-0.25, -0.2) is 8.42 Å². The minimum Gasteiger partial charge on any atom is -0.469 e.